The molecule has 0 unspecified atom stereocenters. The number of methoxy groups -OCH3 is 1. The standard InChI is InChI=1S/C9H9BrF2O/c1-3-5-4-6(10)9(13-2)8(12)7(5)11/h4H,3H2,1-2H3. The smallest absolute Gasteiger partial charge is 0.202 e. The molecule has 0 N–H and O–H groups in total. The third-order valence-corrected chi connectivity index (χ3v) is 2.37. The van der Waals surface area contributed by atoms with Crippen molar-refractivity contribution in [2.45, 2.75) is 13.3 Å². The summed E-state index contributed by atoms with van der Waals surface area (Å²) in [4.78, 5) is 0. The Morgan fingerprint density at radius 1 is 1.38 bits per heavy atom. The summed E-state index contributed by atoms with van der Waals surface area (Å²) in [6.07, 6.45) is 0.450. The molecule has 0 aromatic heterocycles. The minimum Gasteiger partial charge on any atom is -0.492 e. The van der Waals surface area contributed by atoms with Gasteiger partial charge in [-0.05, 0) is 34.0 Å². The fraction of sp³-hybridized carbons (Fsp3) is 0.333. The van der Waals surface area contributed by atoms with Gasteiger partial charge in [-0.1, -0.05) is 6.92 Å². The Bertz CT molecular complexity index is 326. The molecule has 0 saturated heterocycles. The predicted octanol–water partition coefficient (Wildman–Crippen LogP) is 3.30. The minimum absolute atomic E-state index is 0.0882. The first-order chi connectivity index (χ1) is 6.11. The lowest BCUT2D eigenvalue weighted by molar-refractivity contribution is 0.367. The Balaban J connectivity index is 3.37. The van der Waals surface area contributed by atoms with E-state index in [-0.39, 0.29) is 5.75 Å². The second-order valence-corrected chi connectivity index (χ2v) is 3.39. The van der Waals surface area contributed by atoms with Crippen molar-refractivity contribution in [2.24, 2.45) is 0 Å². The summed E-state index contributed by atoms with van der Waals surface area (Å²) < 4.78 is 31.5. The van der Waals surface area contributed by atoms with Crippen LogP contribution in [0.1, 0.15) is 12.5 Å². The third-order valence-electron chi connectivity index (χ3n) is 1.78. The molecular weight excluding hydrogens is 242 g/mol. The van der Waals surface area contributed by atoms with Gasteiger partial charge in [0.15, 0.2) is 11.6 Å². The molecule has 1 nitrogen and oxygen atoms in total. The summed E-state index contributed by atoms with van der Waals surface area (Å²) in [6.45, 7) is 1.76. The van der Waals surface area contributed by atoms with Gasteiger partial charge in [0.2, 0.25) is 5.82 Å². The zero-order chi connectivity index (χ0) is 10.0. The highest BCUT2D eigenvalue weighted by Gasteiger charge is 2.16. The van der Waals surface area contributed by atoms with Crippen molar-refractivity contribution in [1.82, 2.24) is 0 Å². The molecule has 0 aliphatic carbocycles. The van der Waals surface area contributed by atoms with Crippen molar-refractivity contribution in [2.75, 3.05) is 7.11 Å². The first-order valence-corrected chi connectivity index (χ1v) is 4.61. The summed E-state index contributed by atoms with van der Waals surface area (Å²) >= 11 is 3.10. The quantitative estimate of drug-likeness (QED) is 0.733. The van der Waals surface area contributed by atoms with Crippen molar-refractivity contribution in [3.63, 3.8) is 0 Å². The highest BCUT2D eigenvalue weighted by atomic mass is 79.9. The van der Waals surface area contributed by atoms with E-state index in [9.17, 15) is 8.78 Å². The number of ether oxygens (including phenoxy) is 1. The van der Waals surface area contributed by atoms with Crippen LogP contribution in [0.2, 0.25) is 0 Å². The van der Waals surface area contributed by atoms with Crippen LogP contribution in [0.25, 0.3) is 0 Å². The maximum atomic E-state index is 13.2. The van der Waals surface area contributed by atoms with Gasteiger partial charge in [0.05, 0.1) is 11.6 Å². The van der Waals surface area contributed by atoms with Gasteiger partial charge in [-0.15, -0.1) is 0 Å². The molecule has 0 bridgehead atoms. The van der Waals surface area contributed by atoms with Gasteiger partial charge in [0.1, 0.15) is 0 Å². The molecule has 0 fully saturated rings. The van der Waals surface area contributed by atoms with Crippen LogP contribution in [0, 0.1) is 11.6 Å². The molecule has 0 saturated carbocycles. The second kappa shape index (κ2) is 4.05. The van der Waals surface area contributed by atoms with Crippen LogP contribution >= 0.6 is 15.9 Å². The van der Waals surface area contributed by atoms with Crippen LogP contribution in [0.15, 0.2) is 10.5 Å². The third kappa shape index (κ3) is 1.82. The van der Waals surface area contributed by atoms with Crippen molar-refractivity contribution in [1.29, 1.82) is 0 Å². The average molecular weight is 251 g/mol. The number of halogens is 3. The van der Waals surface area contributed by atoms with Gasteiger partial charge < -0.3 is 4.74 Å². The first-order valence-electron chi connectivity index (χ1n) is 3.82. The Labute approximate surface area is 83.8 Å². The average Bonchev–Trinajstić information content (AvgIpc) is 2.12. The number of hydrogen-bond acceptors (Lipinski definition) is 1. The highest BCUT2D eigenvalue weighted by molar-refractivity contribution is 9.10. The van der Waals surface area contributed by atoms with E-state index in [4.69, 9.17) is 4.74 Å². The summed E-state index contributed by atoms with van der Waals surface area (Å²) in [5.74, 6) is -1.86. The van der Waals surface area contributed by atoms with Crippen molar-refractivity contribution in [3.8, 4) is 5.75 Å². The number of aryl methyl sites for hydroxylation is 1. The number of benzene rings is 1. The topological polar surface area (TPSA) is 9.23 Å². The molecule has 0 aliphatic heterocycles. The highest BCUT2D eigenvalue weighted by Crippen LogP contribution is 2.31. The Morgan fingerprint density at radius 3 is 2.46 bits per heavy atom. The van der Waals surface area contributed by atoms with E-state index < -0.39 is 11.6 Å². The van der Waals surface area contributed by atoms with Gasteiger partial charge in [0, 0.05) is 0 Å². The lowest BCUT2D eigenvalue weighted by atomic mass is 10.1. The molecule has 0 spiro atoms. The van der Waals surface area contributed by atoms with Gasteiger partial charge in [-0.2, -0.15) is 4.39 Å². The Morgan fingerprint density at radius 2 is 2.00 bits per heavy atom. The molecular formula is C9H9BrF2O. The summed E-state index contributed by atoms with van der Waals surface area (Å²) in [7, 11) is 1.30. The minimum atomic E-state index is -0.936. The predicted molar refractivity (Wildman–Crippen MR) is 50.0 cm³/mol. The second-order valence-electron chi connectivity index (χ2n) is 2.53. The van der Waals surface area contributed by atoms with E-state index in [2.05, 4.69) is 15.9 Å². The van der Waals surface area contributed by atoms with E-state index in [1.54, 1.807) is 6.92 Å². The van der Waals surface area contributed by atoms with Crippen LogP contribution in [0.5, 0.6) is 5.75 Å². The molecule has 13 heavy (non-hydrogen) atoms. The Hall–Kier alpha value is -0.640. The summed E-state index contributed by atoms with van der Waals surface area (Å²) in [5.41, 5.74) is 0.338. The lowest BCUT2D eigenvalue weighted by Crippen LogP contribution is -1.98. The van der Waals surface area contributed by atoms with E-state index in [0.717, 1.165) is 0 Å². The maximum absolute atomic E-state index is 13.2. The normalized spacial score (nSPS) is 10.2. The number of hydrogen-bond donors (Lipinski definition) is 0. The first kappa shape index (κ1) is 10.4. The van der Waals surface area contributed by atoms with E-state index >= 15 is 0 Å². The van der Waals surface area contributed by atoms with Crippen LogP contribution in [-0.4, -0.2) is 7.11 Å². The molecule has 72 valence electrons. The molecule has 4 heteroatoms. The molecule has 0 heterocycles. The van der Waals surface area contributed by atoms with Gasteiger partial charge >= 0.3 is 0 Å². The fourth-order valence-electron chi connectivity index (χ4n) is 1.07. The van der Waals surface area contributed by atoms with Crippen molar-refractivity contribution in [3.05, 3.63) is 27.7 Å². The van der Waals surface area contributed by atoms with Crippen LogP contribution in [-0.2, 0) is 6.42 Å². The molecule has 1 aromatic rings. The largest absolute Gasteiger partial charge is 0.492 e. The van der Waals surface area contributed by atoms with E-state index in [1.807, 2.05) is 0 Å². The SMILES string of the molecule is CCc1cc(Br)c(OC)c(F)c1F. The maximum Gasteiger partial charge on any atom is 0.202 e. The molecule has 0 aliphatic rings. The van der Waals surface area contributed by atoms with Gasteiger partial charge in [-0.3, -0.25) is 0 Å². The monoisotopic (exact) mass is 250 g/mol. The van der Waals surface area contributed by atoms with Crippen molar-refractivity contribution < 1.29 is 13.5 Å². The molecule has 0 radical (unpaired) electrons. The summed E-state index contributed by atoms with van der Waals surface area (Å²) in [5, 5.41) is 0. The summed E-state index contributed by atoms with van der Waals surface area (Å²) in [6, 6.07) is 1.53. The zero-order valence-electron chi connectivity index (χ0n) is 7.33. The van der Waals surface area contributed by atoms with Gasteiger partial charge in [0.25, 0.3) is 0 Å². The molecule has 1 aromatic carbocycles. The van der Waals surface area contributed by atoms with Crippen LogP contribution in [0.4, 0.5) is 8.78 Å². The fourth-order valence-corrected chi connectivity index (χ4v) is 1.68. The van der Waals surface area contributed by atoms with E-state index in [0.29, 0.717) is 16.5 Å². The Kier molecular flexibility index (Phi) is 3.25. The lowest BCUT2D eigenvalue weighted by Gasteiger charge is -2.08. The molecule has 1 rings (SSSR count). The zero-order valence-corrected chi connectivity index (χ0v) is 8.91. The van der Waals surface area contributed by atoms with Crippen LogP contribution < -0.4 is 4.74 Å². The van der Waals surface area contributed by atoms with E-state index in [1.165, 1.54) is 13.2 Å². The molecule has 0 amide bonds. The van der Waals surface area contributed by atoms with Crippen molar-refractivity contribution >= 4 is 15.9 Å². The molecule has 0 atom stereocenters. The van der Waals surface area contributed by atoms with Gasteiger partial charge in [-0.25, -0.2) is 4.39 Å². The number of rotatable bonds is 2. The van der Waals surface area contributed by atoms with Crippen LogP contribution in [0.3, 0.4) is 0 Å².